The van der Waals surface area contributed by atoms with Gasteiger partial charge in [-0.2, -0.15) is 0 Å². The topological polar surface area (TPSA) is 41.1 Å². The van der Waals surface area contributed by atoms with E-state index in [4.69, 9.17) is 0 Å². The Morgan fingerprint density at radius 3 is 1.34 bits per heavy atom. The minimum atomic E-state index is -0.487. The third kappa shape index (κ3) is 4.79. The molecule has 0 spiro atoms. The maximum atomic E-state index is 11.2. The minimum absolute atomic E-state index is 0.0193. The van der Waals surface area contributed by atoms with E-state index in [-0.39, 0.29) is 5.91 Å². The van der Waals surface area contributed by atoms with Crippen molar-refractivity contribution < 1.29 is 4.79 Å². The molecule has 0 radical (unpaired) electrons. The first-order valence-corrected chi connectivity index (χ1v) is 10.9. The molecule has 4 aromatic rings. The second-order valence-electron chi connectivity index (χ2n) is 7.93. The van der Waals surface area contributed by atoms with Gasteiger partial charge >= 0.3 is 0 Å². The molecular formula is C29H28N2O. The lowest BCUT2D eigenvalue weighted by Gasteiger charge is -2.37. The van der Waals surface area contributed by atoms with Crippen molar-refractivity contribution in [1.82, 2.24) is 10.6 Å². The molecule has 0 atom stereocenters. The van der Waals surface area contributed by atoms with Gasteiger partial charge in [-0.15, -0.1) is 0 Å². The van der Waals surface area contributed by atoms with E-state index in [2.05, 4.69) is 126 Å². The highest BCUT2D eigenvalue weighted by Gasteiger charge is 2.35. The number of nitrogens with one attached hydrogen (secondary N) is 2. The predicted octanol–water partition coefficient (Wildman–Crippen LogP) is 5.40. The minimum Gasteiger partial charge on any atom is -0.352 e. The fraction of sp³-hybridized carbons (Fsp3) is 0.138. The predicted molar refractivity (Wildman–Crippen MR) is 130 cm³/mol. The van der Waals surface area contributed by atoms with Crippen LogP contribution in [0, 0.1) is 0 Å². The number of carbonyl (C=O) groups is 1. The highest BCUT2D eigenvalue weighted by atomic mass is 16.1. The summed E-state index contributed by atoms with van der Waals surface area (Å²) in [5.74, 6) is -0.0193. The van der Waals surface area contributed by atoms with Crippen LogP contribution in [0.5, 0.6) is 0 Å². The van der Waals surface area contributed by atoms with Crippen LogP contribution in [0.15, 0.2) is 115 Å². The SMILES string of the molecule is CC(=O)NCc1ccc(CNC(c2ccccc2)(c2ccccc2)c2ccccc2)cc1. The van der Waals surface area contributed by atoms with Crippen molar-refractivity contribution in [2.45, 2.75) is 25.6 Å². The van der Waals surface area contributed by atoms with Crippen molar-refractivity contribution in [3.05, 3.63) is 143 Å². The first kappa shape index (κ1) is 21.5. The summed E-state index contributed by atoms with van der Waals surface area (Å²) in [5.41, 5.74) is 5.37. The van der Waals surface area contributed by atoms with Gasteiger partial charge in [-0.25, -0.2) is 0 Å². The van der Waals surface area contributed by atoms with Crippen LogP contribution in [0.1, 0.15) is 34.7 Å². The highest BCUT2D eigenvalue weighted by molar-refractivity contribution is 5.72. The molecule has 32 heavy (non-hydrogen) atoms. The number of benzene rings is 4. The number of amides is 1. The Bertz CT molecular complexity index is 1030. The van der Waals surface area contributed by atoms with Crippen molar-refractivity contribution in [2.24, 2.45) is 0 Å². The fourth-order valence-corrected chi connectivity index (χ4v) is 4.11. The number of hydrogen-bond donors (Lipinski definition) is 2. The van der Waals surface area contributed by atoms with Gasteiger partial charge in [0.15, 0.2) is 0 Å². The third-order valence-corrected chi connectivity index (χ3v) is 5.74. The van der Waals surface area contributed by atoms with E-state index >= 15 is 0 Å². The first-order chi connectivity index (χ1) is 15.7. The van der Waals surface area contributed by atoms with Crippen molar-refractivity contribution in [3.8, 4) is 0 Å². The lowest BCUT2D eigenvalue weighted by Crippen LogP contribution is -2.44. The zero-order valence-electron chi connectivity index (χ0n) is 18.3. The van der Waals surface area contributed by atoms with E-state index < -0.39 is 5.54 Å². The monoisotopic (exact) mass is 420 g/mol. The van der Waals surface area contributed by atoms with E-state index in [1.807, 2.05) is 0 Å². The lowest BCUT2D eigenvalue weighted by atomic mass is 9.77. The maximum Gasteiger partial charge on any atom is 0.217 e. The molecule has 0 heterocycles. The Kier molecular flexibility index (Phi) is 6.78. The van der Waals surface area contributed by atoms with Gasteiger partial charge in [0, 0.05) is 20.0 Å². The van der Waals surface area contributed by atoms with Crippen molar-refractivity contribution >= 4 is 5.91 Å². The van der Waals surface area contributed by atoms with Gasteiger partial charge in [0.05, 0.1) is 5.54 Å². The van der Waals surface area contributed by atoms with E-state index in [9.17, 15) is 4.79 Å². The first-order valence-electron chi connectivity index (χ1n) is 10.9. The van der Waals surface area contributed by atoms with Crippen molar-refractivity contribution in [1.29, 1.82) is 0 Å². The number of rotatable bonds is 8. The maximum absolute atomic E-state index is 11.2. The van der Waals surface area contributed by atoms with Crippen LogP contribution in [0.4, 0.5) is 0 Å². The Balaban J connectivity index is 1.71. The molecule has 0 saturated heterocycles. The average molecular weight is 421 g/mol. The van der Waals surface area contributed by atoms with Crippen LogP contribution in [0.2, 0.25) is 0 Å². The van der Waals surface area contributed by atoms with E-state index in [0.717, 1.165) is 5.56 Å². The molecule has 0 unspecified atom stereocenters. The summed E-state index contributed by atoms with van der Waals surface area (Å²) in [4.78, 5) is 11.2. The molecule has 0 bridgehead atoms. The fourth-order valence-electron chi connectivity index (χ4n) is 4.11. The van der Waals surface area contributed by atoms with Crippen LogP contribution >= 0.6 is 0 Å². The second kappa shape index (κ2) is 10.1. The standard InChI is InChI=1S/C29H28N2O/c1-23(32)30-21-24-17-19-25(20-18-24)22-31-29(26-11-5-2-6-12-26,27-13-7-3-8-14-27)28-15-9-4-10-16-28/h2-20,31H,21-22H2,1H3,(H,30,32). The number of carbonyl (C=O) groups excluding carboxylic acids is 1. The molecule has 0 aliphatic carbocycles. The molecule has 3 nitrogen and oxygen atoms in total. The summed E-state index contributed by atoms with van der Waals surface area (Å²) in [6.45, 7) is 2.78. The zero-order valence-corrected chi connectivity index (χ0v) is 18.3. The molecule has 160 valence electrons. The van der Waals surface area contributed by atoms with Gasteiger partial charge in [-0.3, -0.25) is 10.1 Å². The molecule has 0 saturated carbocycles. The molecule has 2 N–H and O–H groups in total. The van der Waals surface area contributed by atoms with Crippen LogP contribution in [0.3, 0.4) is 0 Å². The normalized spacial score (nSPS) is 11.2. The molecule has 1 amide bonds. The highest BCUT2D eigenvalue weighted by Crippen LogP contribution is 2.37. The molecule has 0 aliphatic heterocycles. The lowest BCUT2D eigenvalue weighted by molar-refractivity contribution is -0.119. The van der Waals surface area contributed by atoms with Gasteiger partial charge in [-0.05, 0) is 27.8 Å². The Morgan fingerprint density at radius 1 is 0.594 bits per heavy atom. The van der Waals surface area contributed by atoms with Crippen LogP contribution in [-0.2, 0) is 23.4 Å². The molecular weight excluding hydrogens is 392 g/mol. The van der Waals surface area contributed by atoms with Crippen molar-refractivity contribution in [2.75, 3.05) is 0 Å². The summed E-state index contributed by atoms with van der Waals surface area (Å²) in [7, 11) is 0. The van der Waals surface area contributed by atoms with Gasteiger partial charge < -0.3 is 5.32 Å². The van der Waals surface area contributed by atoms with Gasteiger partial charge in [0.1, 0.15) is 0 Å². The molecule has 0 aromatic heterocycles. The Morgan fingerprint density at radius 2 is 0.969 bits per heavy atom. The van der Waals surface area contributed by atoms with E-state index in [1.54, 1.807) is 0 Å². The van der Waals surface area contributed by atoms with Gasteiger partial charge in [0.2, 0.25) is 5.91 Å². The Hall–Kier alpha value is -3.69. The average Bonchev–Trinajstić information content (AvgIpc) is 2.86. The third-order valence-electron chi connectivity index (χ3n) is 5.74. The van der Waals surface area contributed by atoms with Crippen LogP contribution < -0.4 is 10.6 Å². The summed E-state index contributed by atoms with van der Waals surface area (Å²) in [5, 5.41) is 6.75. The summed E-state index contributed by atoms with van der Waals surface area (Å²) in [6.07, 6.45) is 0. The Labute approximate surface area is 190 Å². The molecule has 3 heteroatoms. The van der Waals surface area contributed by atoms with E-state index in [0.29, 0.717) is 13.1 Å². The molecule has 4 aromatic carbocycles. The van der Waals surface area contributed by atoms with Crippen LogP contribution in [0.25, 0.3) is 0 Å². The number of hydrogen-bond acceptors (Lipinski definition) is 2. The second-order valence-corrected chi connectivity index (χ2v) is 7.93. The molecule has 0 fully saturated rings. The largest absolute Gasteiger partial charge is 0.352 e. The summed E-state index contributed by atoms with van der Waals surface area (Å²) in [6, 6.07) is 40.2. The van der Waals surface area contributed by atoms with E-state index in [1.165, 1.54) is 29.2 Å². The van der Waals surface area contributed by atoms with Crippen molar-refractivity contribution in [3.63, 3.8) is 0 Å². The molecule has 4 rings (SSSR count). The van der Waals surface area contributed by atoms with Crippen LogP contribution in [-0.4, -0.2) is 5.91 Å². The zero-order chi connectivity index (χ0) is 22.2. The van der Waals surface area contributed by atoms with Gasteiger partial charge in [-0.1, -0.05) is 115 Å². The van der Waals surface area contributed by atoms with Gasteiger partial charge in [0.25, 0.3) is 0 Å². The summed E-state index contributed by atoms with van der Waals surface area (Å²) < 4.78 is 0. The summed E-state index contributed by atoms with van der Waals surface area (Å²) >= 11 is 0. The molecule has 0 aliphatic rings. The quantitative estimate of drug-likeness (QED) is 0.375. The smallest absolute Gasteiger partial charge is 0.217 e.